The molecule has 3 rings (SSSR count). The summed E-state index contributed by atoms with van der Waals surface area (Å²) < 4.78 is 10.5. The fourth-order valence-corrected chi connectivity index (χ4v) is 3.41. The Morgan fingerprint density at radius 1 is 1.07 bits per heavy atom. The van der Waals surface area contributed by atoms with Gasteiger partial charge < -0.3 is 24.6 Å². The Hall–Kier alpha value is -2.73. The number of methoxy groups -OCH3 is 2. The topological polar surface area (TPSA) is 55.2 Å². The smallest absolute Gasteiger partial charge is 0.255 e. The normalized spacial score (nSPS) is 14.7. The largest absolute Gasteiger partial charge is 0.497 e. The second kappa shape index (κ2) is 8.77. The van der Waals surface area contributed by atoms with Crippen molar-refractivity contribution in [3.8, 4) is 11.5 Å². The number of piperazine rings is 1. The molecule has 1 heterocycles. The lowest BCUT2D eigenvalue weighted by Gasteiger charge is -2.34. The summed E-state index contributed by atoms with van der Waals surface area (Å²) in [5.41, 5.74) is 2.39. The predicted molar refractivity (Wildman–Crippen MR) is 107 cm³/mol. The maximum atomic E-state index is 12.8. The minimum Gasteiger partial charge on any atom is -0.497 e. The Morgan fingerprint density at radius 3 is 2.30 bits per heavy atom. The molecule has 1 aliphatic rings. The molecule has 6 nitrogen and oxygen atoms in total. The molecule has 0 unspecified atom stereocenters. The van der Waals surface area contributed by atoms with Gasteiger partial charge in [0.2, 0.25) is 0 Å². The van der Waals surface area contributed by atoms with Crippen LogP contribution in [-0.2, 0) is 0 Å². The quantitative estimate of drug-likeness (QED) is 0.812. The van der Waals surface area contributed by atoms with Crippen LogP contribution in [0, 0.1) is 0 Å². The van der Waals surface area contributed by atoms with E-state index in [1.165, 1.54) is 0 Å². The van der Waals surface area contributed by atoms with Gasteiger partial charge in [-0.25, -0.2) is 0 Å². The zero-order valence-electron chi connectivity index (χ0n) is 16.2. The Bertz CT molecular complexity index is 764. The van der Waals surface area contributed by atoms with E-state index in [1.807, 2.05) is 18.2 Å². The highest BCUT2D eigenvalue weighted by atomic mass is 16.5. The predicted octanol–water partition coefficient (Wildman–Crippen LogP) is 1.68. The lowest BCUT2D eigenvalue weighted by molar-refractivity contribution is -0.898. The minimum absolute atomic E-state index is 0.183. The van der Waals surface area contributed by atoms with Crippen LogP contribution in [-0.4, -0.2) is 52.9 Å². The molecule has 0 saturated carbocycles. The monoisotopic (exact) mass is 370 g/mol. The Morgan fingerprint density at radius 2 is 1.70 bits per heavy atom. The van der Waals surface area contributed by atoms with Gasteiger partial charge in [0.15, 0.2) is 0 Å². The maximum Gasteiger partial charge on any atom is 0.255 e. The average Bonchev–Trinajstić information content (AvgIpc) is 2.73. The number of benzene rings is 2. The van der Waals surface area contributed by atoms with Crippen molar-refractivity contribution in [2.24, 2.45) is 0 Å². The van der Waals surface area contributed by atoms with E-state index in [9.17, 15) is 4.79 Å². The molecule has 2 aromatic carbocycles. The van der Waals surface area contributed by atoms with Crippen LogP contribution in [0.15, 0.2) is 42.5 Å². The number of para-hydroxylation sites is 2. The molecule has 0 bridgehead atoms. The van der Waals surface area contributed by atoms with Crippen LogP contribution in [0.1, 0.15) is 17.3 Å². The number of ether oxygens (including phenoxy) is 2. The summed E-state index contributed by atoms with van der Waals surface area (Å²) >= 11 is 0. The molecular weight excluding hydrogens is 342 g/mol. The molecule has 0 spiro atoms. The minimum atomic E-state index is -0.183. The molecule has 6 heteroatoms. The van der Waals surface area contributed by atoms with Crippen molar-refractivity contribution in [1.29, 1.82) is 0 Å². The van der Waals surface area contributed by atoms with E-state index >= 15 is 0 Å². The van der Waals surface area contributed by atoms with Crippen LogP contribution in [0.4, 0.5) is 11.4 Å². The van der Waals surface area contributed by atoms with Crippen LogP contribution in [0.2, 0.25) is 0 Å². The first-order valence-corrected chi connectivity index (χ1v) is 9.36. The number of anilines is 2. The molecule has 2 aromatic rings. The van der Waals surface area contributed by atoms with Gasteiger partial charge in [-0.1, -0.05) is 12.1 Å². The Labute approximate surface area is 160 Å². The van der Waals surface area contributed by atoms with Gasteiger partial charge in [0, 0.05) is 11.6 Å². The van der Waals surface area contributed by atoms with Gasteiger partial charge >= 0.3 is 0 Å². The summed E-state index contributed by atoms with van der Waals surface area (Å²) in [6.45, 7) is 7.59. The second-order valence-corrected chi connectivity index (χ2v) is 6.66. The van der Waals surface area contributed by atoms with Crippen molar-refractivity contribution in [2.75, 3.05) is 57.2 Å². The second-order valence-electron chi connectivity index (χ2n) is 6.66. The van der Waals surface area contributed by atoms with Crippen molar-refractivity contribution in [2.45, 2.75) is 6.92 Å². The van der Waals surface area contributed by atoms with Gasteiger partial charge in [-0.05, 0) is 31.2 Å². The van der Waals surface area contributed by atoms with Gasteiger partial charge in [0.1, 0.15) is 11.5 Å². The highest BCUT2D eigenvalue weighted by molar-refractivity contribution is 6.06. The van der Waals surface area contributed by atoms with Crippen LogP contribution in [0.25, 0.3) is 0 Å². The van der Waals surface area contributed by atoms with Gasteiger partial charge in [0.05, 0.1) is 58.3 Å². The van der Waals surface area contributed by atoms with E-state index in [0.29, 0.717) is 17.1 Å². The first kappa shape index (κ1) is 19.0. The number of likely N-dealkylation sites (N-methyl/N-ethyl adjacent to an activating group) is 1. The standard InChI is InChI=1S/C21H27N3O3/c1-4-23-9-11-24(12-10-23)20-8-6-5-7-19(20)22-21(25)16-13-17(26-2)15-18(14-16)27-3/h5-8,13-15H,4,9-12H2,1-3H3,(H,22,25)/p+1. The number of carbonyl (C=O) groups excluding carboxylic acids is 1. The Balaban J connectivity index is 1.79. The molecule has 1 fully saturated rings. The number of hydrogen-bond acceptors (Lipinski definition) is 4. The third-order valence-corrected chi connectivity index (χ3v) is 5.08. The van der Waals surface area contributed by atoms with Crippen molar-refractivity contribution in [3.05, 3.63) is 48.0 Å². The fraction of sp³-hybridized carbons (Fsp3) is 0.381. The number of nitrogens with zero attached hydrogens (tertiary/aromatic N) is 1. The van der Waals surface area contributed by atoms with Gasteiger partial charge in [-0.3, -0.25) is 4.79 Å². The number of rotatable bonds is 6. The first-order valence-electron chi connectivity index (χ1n) is 9.36. The third kappa shape index (κ3) is 4.52. The average molecular weight is 370 g/mol. The van der Waals surface area contributed by atoms with E-state index in [4.69, 9.17) is 9.47 Å². The highest BCUT2D eigenvalue weighted by Gasteiger charge is 2.21. The maximum absolute atomic E-state index is 12.8. The molecule has 0 aliphatic carbocycles. The molecule has 0 radical (unpaired) electrons. The Kier molecular flexibility index (Phi) is 6.19. The van der Waals surface area contributed by atoms with Crippen molar-refractivity contribution in [3.63, 3.8) is 0 Å². The van der Waals surface area contributed by atoms with Crippen LogP contribution in [0.3, 0.4) is 0 Å². The van der Waals surface area contributed by atoms with Gasteiger partial charge in [-0.2, -0.15) is 0 Å². The zero-order chi connectivity index (χ0) is 19.2. The fourth-order valence-electron chi connectivity index (χ4n) is 3.41. The van der Waals surface area contributed by atoms with Crippen molar-refractivity contribution < 1.29 is 19.2 Å². The number of nitrogens with one attached hydrogen (secondary N) is 2. The third-order valence-electron chi connectivity index (χ3n) is 5.08. The summed E-state index contributed by atoms with van der Waals surface area (Å²) in [5.74, 6) is 0.996. The summed E-state index contributed by atoms with van der Waals surface area (Å²) in [5, 5.41) is 3.05. The van der Waals surface area contributed by atoms with E-state index in [1.54, 1.807) is 37.3 Å². The SMILES string of the molecule is CC[NH+]1CCN(c2ccccc2NC(=O)c2cc(OC)cc(OC)c2)CC1. The first-order chi connectivity index (χ1) is 13.1. The van der Waals surface area contributed by atoms with Crippen molar-refractivity contribution >= 4 is 17.3 Å². The van der Waals surface area contributed by atoms with Gasteiger partial charge in [-0.15, -0.1) is 0 Å². The summed E-state index contributed by atoms with van der Waals surface area (Å²) in [6.07, 6.45) is 0. The summed E-state index contributed by atoms with van der Waals surface area (Å²) in [6, 6.07) is 13.1. The number of hydrogen-bond donors (Lipinski definition) is 2. The highest BCUT2D eigenvalue weighted by Crippen LogP contribution is 2.28. The lowest BCUT2D eigenvalue weighted by atomic mass is 10.1. The zero-order valence-corrected chi connectivity index (χ0v) is 16.2. The number of quaternary nitrogens is 1. The molecule has 144 valence electrons. The van der Waals surface area contributed by atoms with Gasteiger partial charge in [0.25, 0.3) is 5.91 Å². The van der Waals surface area contributed by atoms with E-state index in [-0.39, 0.29) is 5.91 Å². The molecule has 2 N–H and O–H groups in total. The lowest BCUT2D eigenvalue weighted by Crippen LogP contribution is -3.14. The molecule has 0 atom stereocenters. The molecular formula is C21H28N3O3+. The van der Waals surface area contributed by atoms with Crippen LogP contribution in [0.5, 0.6) is 11.5 Å². The summed E-state index contributed by atoms with van der Waals surface area (Å²) in [7, 11) is 3.15. The van der Waals surface area contributed by atoms with E-state index < -0.39 is 0 Å². The summed E-state index contributed by atoms with van der Waals surface area (Å²) in [4.78, 5) is 16.8. The van der Waals surface area contributed by atoms with E-state index in [0.717, 1.165) is 44.1 Å². The van der Waals surface area contributed by atoms with E-state index in [2.05, 4.69) is 23.2 Å². The van der Waals surface area contributed by atoms with Crippen LogP contribution < -0.4 is 24.6 Å². The molecule has 1 aliphatic heterocycles. The number of carbonyl (C=O) groups is 1. The number of amides is 1. The van der Waals surface area contributed by atoms with Crippen LogP contribution >= 0.6 is 0 Å². The molecule has 27 heavy (non-hydrogen) atoms. The van der Waals surface area contributed by atoms with Crippen molar-refractivity contribution in [1.82, 2.24) is 0 Å². The molecule has 1 amide bonds. The molecule has 0 aromatic heterocycles. The molecule has 1 saturated heterocycles.